The van der Waals surface area contributed by atoms with Crippen LogP contribution in [0.1, 0.15) is 18.1 Å². The van der Waals surface area contributed by atoms with Gasteiger partial charge in [0.05, 0.1) is 18.7 Å². The molecule has 5 heteroatoms. The maximum Gasteiger partial charge on any atom is 0.179 e. The summed E-state index contributed by atoms with van der Waals surface area (Å²) in [5, 5.41) is 3.92. The predicted octanol–water partition coefficient (Wildman–Crippen LogP) is 4.05. The quantitative estimate of drug-likeness (QED) is 0.686. The standard InChI is InChI=1S/C20H22ClNO3/c1-4-10-25-18-9-7-6-8-16(18)14-22-13-15-11-17(21)20(24-5-2)19(12-15)23-3/h1,6-9,11-12,22H,5,10,13-14H2,2-3H3. The Bertz CT molecular complexity index is 740. The summed E-state index contributed by atoms with van der Waals surface area (Å²) in [6.45, 7) is 3.97. The molecule has 0 bridgehead atoms. The molecule has 4 nitrogen and oxygen atoms in total. The largest absolute Gasteiger partial charge is 0.493 e. The summed E-state index contributed by atoms with van der Waals surface area (Å²) in [6.07, 6.45) is 5.25. The molecule has 1 N–H and O–H groups in total. The topological polar surface area (TPSA) is 39.7 Å². The molecular weight excluding hydrogens is 338 g/mol. The van der Waals surface area contributed by atoms with E-state index in [0.717, 1.165) is 16.9 Å². The van der Waals surface area contributed by atoms with E-state index in [4.69, 9.17) is 32.2 Å². The Labute approximate surface area is 154 Å². The Morgan fingerprint density at radius 2 is 1.92 bits per heavy atom. The van der Waals surface area contributed by atoms with Gasteiger partial charge in [-0.1, -0.05) is 35.7 Å². The summed E-state index contributed by atoms with van der Waals surface area (Å²) in [5.74, 6) is 4.47. The molecule has 0 aliphatic rings. The van der Waals surface area contributed by atoms with Gasteiger partial charge in [0.25, 0.3) is 0 Å². The lowest BCUT2D eigenvalue weighted by molar-refractivity contribution is 0.311. The van der Waals surface area contributed by atoms with Crippen LogP contribution in [0.3, 0.4) is 0 Å². The molecule has 0 heterocycles. The first-order chi connectivity index (χ1) is 12.2. The molecule has 0 atom stereocenters. The second kappa shape index (κ2) is 9.83. The van der Waals surface area contributed by atoms with Gasteiger partial charge in [-0.2, -0.15) is 0 Å². The average molecular weight is 360 g/mol. The number of methoxy groups -OCH3 is 1. The minimum absolute atomic E-state index is 0.253. The van der Waals surface area contributed by atoms with Gasteiger partial charge in [0.2, 0.25) is 0 Å². The van der Waals surface area contributed by atoms with Gasteiger partial charge in [0, 0.05) is 18.7 Å². The molecule has 0 saturated carbocycles. The van der Waals surface area contributed by atoms with Crippen molar-refractivity contribution in [1.29, 1.82) is 0 Å². The molecule has 2 aromatic rings. The van der Waals surface area contributed by atoms with Crippen LogP contribution in [0.25, 0.3) is 0 Å². The van der Waals surface area contributed by atoms with Gasteiger partial charge in [0.1, 0.15) is 12.4 Å². The van der Waals surface area contributed by atoms with Gasteiger partial charge in [-0.25, -0.2) is 0 Å². The number of ether oxygens (including phenoxy) is 3. The summed E-state index contributed by atoms with van der Waals surface area (Å²) in [6, 6.07) is 11.6. The highest BCUT2D eigenvalue weighted by molar-refractivity contribution is 6.32. The monoisotopic (exact) mass is 359 g/mol. The number of hydrogen-bond acceptors (Lipinski definition) is 4. The molecule has 0 unspecified atom stereocenters. The van der Waals surface area contributed by atoms with Crippen molar-refractivity contribution in [3.63, 3.8) is 0 Å². The van der Waals surface area contributed by atoms with Crippen molar-refractivity contribution in [1.82, 2.24) is 5.32 Å². The number of rotatable bonds is 9. The number of halogens is 1. The first-order valence-corrected chi connectivity index (χ1v) is 8.41. The van der Waals surface area contributed by atoms with E-state index < -0.39 is 0 Å². The Morgan fingerprint density at radius 1 is 1.12 bits per heavy atom. The first-order valence-electron chi connectivity index (χ1n) is 8.03. The maximum atomic E-state index is 6.30. The van der Waals surface area contributed by atoms with Crippen LogP contribution in [-0.2, 0) is 13.1 Å². The maximum absolute atomic E-state index is 6.30. The normalized spacial score (nSPS) is 10.2. The zero-order valence-corrected chi connectivity index (χ0v) is 15.2. The van der Waals surface area contributed by atoms with Crippen molar-refractivity contribution in [3.8, 4) is 29.6 Å². The van der Waals surface area contributed by atoms with E-state index in [1.165, 1.54) is 0 Å². The second-order valence-electron chi connectivity index (χ2n) is 5.25. The molecule has 2 rings (SSSR count). The molecule has 0 amide bonds. The van der Waals surface area contributed by atoms with Gasteiger partial charge >= 0.3 is 0 Å². The van der Waals surface area contributed by atoms with Gasteiger partial charge in [-0.3, -0.25) is 0 Å². The molecule has 0 saturated heterocycles. The minimum Gasteiger partial charge on any atom is -0.493 e. The van der Waals surface area contributed by atoms with E-state index in [9.17, 15) is 0 Å². The summed E-state index contributed by atoms with van der Waals surface area (Å²) in [4.78, 5) is 0. The summed E-state index contributed by atoms with van der Waals surface area (Å²) in [5.41, 5.74) is 2.05. The zero-order valence-electron chi connectivity index (χ0n) is 14.5. The van der Waals surface area contributed by atoms with Crippen LogP contribution >= 0.6 is 11.6 Å². The Balaban J connectivity index is 2.03. The van der Waals surface area contributed by atoms with Crippen LogP contribution in [0.15, 0.2) is 36.4 Å². The van der Waals surface area contributed by atoms with Crippen LogP contribution in [0, 0.1) is 12.3 Å². The highest BCUT2D eigenvalue weighted by atomic mass is 35.5. The van der Waals surface area contributed by atoms with E-state index in [2.05, 4.69) is 11.2 Å². The Kier molecular flexibility index (Phi) is 7.46. The lowest BCUT2D eigenvalue weighted by Crippen LogP contribution is -2.14. The van der Waals surface area contributed by atoms with E-state index >= 15 is 0 Å². The van der Waals surface area contributed by atoms with Crippen molar-refractivity contribution in [3.05, 3.63) is 52.5 Å². The van der Waals surface area contributed by atoms with Crippen molar-refractivity contribution < 1.29 is 14.2 Å². The van der Waals surface area contributed by atoms with E-state index in [0.29, 0.717) is 36.2 Å². The fraction of sp³-hybridized carbons (Fsp3) is 0.300. The number of hydrogen-bond donors (Lipinski definition) is 1. The molecule has 132 valence electrons. The molecule has 0 spiro atoms. The van der Waals surface area contributed by atoms with Crippen LogP contribution in [0.2, 0.25) is 5.02 Å². The Morgan fingerprint density at radius 3 is 2.64 bits per heavy atom. The van der Waals surface area contributed by atoms with Crippen LogP contribution in [0.5, 0.6) is 17.2 Å². The first kappa shape index (κ1) is 19.0. The number of benzene rings is 2. The minimum atomic E-state index is 0.253. The third-order valence-corrected chi connectivity index (χ3v) is 3.79. The van der Waals surface area contributed by atoms with Crippen LogP contribution < -0.4 is 19.5 Å². The molecule has 0 radical (unpaired) electrons. The number of para-hydroxylation sites is 1. The summed E-state index contributed by atoms with van der Waals surface area (Å²) >= 11 is 6.30. The van der Waals surface area contributed by atoms with E-state index in [-0.39, 0.29) is 6.61 Å². The van der Waals surface area contributed by atoms with Gasteiger partial charge in [-0.05, 0) is 30.7 Å². The zero-order chi connectivity index (χ0) is 18.1. The predicted molar refractivity (Wildman–Crippen MR) is 100 cm³/mol. The van der Waals surface area contributed by atoms with Crippen molar-refractivity contribution in [2.45, 2.75) is 20.0 Å². The highest BCUT2D eigenvalue weighted by Gasteiger charge is 2.11. The third-order valence-electron chi connectivity index (χ3n) is 3.51. The fourth-order valence-corrected chi connectivity index (χ4v) is 2.70. The smallest absolute Gasteiger partial charge is 0.179 e. The molecule has 25 heavy (non-hydrogen) atoms. The van der Waals surface area contributed by atoms with Crippen molar-refractivity contribution in [2.24, 2.45) is 0 Å². The highest BCUT2D eigenvalue weighted by Crippen LogP contribution is 2.36. The summed E-state index contributed by atoms with van der Waals surface area (Å²) in [7, 11) is 1.60. The third kappa shape index (κ3) is 5.32. The lowest BCUT2D eigenvalue weighted by atomic mass is 10.1. The molecule has 2 aromatic carbocycles. The molecule has 0 aliphatic carbocycles. The molecule has 0 aromatic heterocycles. The van der Waals surface area contributed by atoms with E-state index in [1.54, 1.807) is 7.11 Å². The molecule has 0 aliphatic heterocycles. The van der Waals surface area contributed by atoms with Crippen molar-refractivity contribution >= 4 is 11.6 Å². The SMILES string of the molecule is C#CCOc1ccccc1CNCc1cc(Cl)c(OCC)c(OC)c1. The van der Waals surface area contributed by atoms with Gasteiger partial charge in [0.15, 0.2) is 11.5 Å². The van der Waals surface area contributed by atoms with Crippen LogP contribution in [0.4, 0.5) is 0 Å². The van der Waals surface area contributed by atoms with Gasteiger partial charge < -0.3 is 19.5 Å². The lowest BCUT2D eigenvalue weighted by Gasteiger charge is -2.14. The molecule has 0 fully saturated rings. The average Bonchev–Trinajstić information content (AvgIpc) is 2.63. The number of terminal acetylenes is 1. The number of nitrogens with one attached hydrogen (secondary N) is 1. The van der Waals surface area contributed by atoms with Crippen LogP contribution in [-0.4, -0.2) is 20.3 Å². The Hall–Kier alpha value is -2.35. The fourth-order valence-electron chi connectivity index (χ4n) is 2.41. The summed E-state index contributed by atoms with van der Waals surface area (Å²) < 4.78 is 16.5. The van der Waals surface area contributed by atoms with E-state index in [1.807, 2.05) is 43.3 Å². The molecular formula is C20H22ClNO3. The second-order valence-corrected chi connectivity index (χ2v) is 5.65. The van der Waals surface area contributed by atoms with Crippen molar-refractivity contribution in [2.75, 3.05) is 20.3 Å². The van der Waals surface area contributed by atoms with Gasteiger partial charge in [-0.15, -0.1) is 6.42 Å².